The zero-order chi connectivity index (χ0) is 16.8. The lowest BCUT2D eigenvalue weighted by Gasteiger charge is -2.04. The zero-order valence-corrected chi connectivity index (χ0v) is 15.5. The van der Waals surface area contributed by atoms with Gasteiger partial charge in [-0.15, -0.1) is 0 Å². The molecule has 21 heavy (non-hydrogen) atoms. The third kappa shape index (κ3) is 10.3. The molecule has 0 saturated heterocycles. The maximum absolute atomic E-state index is 10.2. The monoisotopic (exact) mass is 292 g/mol. The molecule has 1 atom stereocenters. The molecule has 0 spiro atoms. The molecule has 0 saturated carbocycles. The Balaban J connectivity index is 0. The molecule has 0 aliphatic carbocycles. The second-order valence-corrected chi connectivity index (χ2v) is 5.47. The Kier molecular flexibility index (Phi) is 14.6. The maximum atomic E-state index is 10.2. The van der Waals surface area contributed by atoms with E-state index in [4.69, 9.17) is 0 Å². The Morgan fingerprint density at radius 1 is 0.905 bits per heavy atom. The van der Waals surface area contributed by atoms with Crippen LogP contribution in [0.25, 0.3) is 0 Å². The van der Waals surface area contributed by atoms with E-state index in [0.29, 0.717) is 5.92 Å². The highest BCUT2D eigenvalue weighted by atomic mass is 16.1. The molecule has 0 aliphatic rings. The molecule has 0 bridgehead atoms. The predicted molar refractivity (Wildman–Crippen MR) is 96.1 cm³/mol. The van der Waals surface area contributed by atoms with Crippen LogP contribution in [0, 0.1) is 33.6 Å². The van der Waals surface area contributed by atoms with Crippen molar-refractivity contribution in [2.45, 2.75) is 81.1 Å². The van der Waals surface area contributed by atoms with E-state index in [2.05, 4.69) is 53.7 Å². The number of aldehydes is 1. The van der Waals surface area contributed by atoms with Crippen LogP contribution in [0.1, 0.15) is 75.6 Å². The van der Waals surface area contributed by atoms with Gasteiger partial charge in [-0.05, 0) is 62.8 Å². The van der Waals surface area contributed by atoms with Gasteiger partial charge in [-0.3, -0.25) is 0 Å². The molecule has 122 valence electrons. The Hall–Kier alpha value is -1.11. The summed E-state index contributed by atoms with van der Waals surface area (Å²) in [6.07, 6.45) is 5.55. The SMILES string of the molecule is CC.CCCCC(C=O)CC.Cc1cc(C)c(C)cc1C. The number of aryl methyl sites for hydroxylation is 4. The average Bonchev–Trinajstić information content (AvgIpc) is 2.49. The third-order valence-corrected chi connectivity index (χ3v) is 3.76. The fraction of sp³-hybridized carbons (Fsp3) is 0.650. The van der Waals surface area contributed by atoms with Crippen LogP contribution in [-0.4, -0.2) is 6.29 Å². The van der Waals surface area contributed by atoms with E-state index in [1.54, 1.807) is 0 Å². The highest BCUT2D eigenvalue weighted by molar-refractivity contribution is 5.53. The largest absolute Gasteiger partial charge is 0.303 e. The van der Waals surface area contributed by atoms with E-state index in [-0.39, 0.29) is 0 Å². The van der Waals surface area contributed by atoms with Gasteiger partial charge in [0.15, 0.2) is 0 Å². The standard InChI is InChI=1S/C10H14.C8H16O.C2H6/c1-7-5-9(3)10(4)6-8(7)2;1-3-5-6-8(4-2)7-9;1-2/h5-6H,1-4H3;7-8H,3-6H2,1-2H3;1-2H3. The van der Waals surface area contributed by atoms with Crippen molar-refractivity contribution in [1.29, 1.82) is 0 Å². The third-order valence-electron chi connectivity index (χ3n) is 3.76. The lowest BCUT2D eigenvalue weighted by molar-refractivity contribution is -0.111. The van der Waals surface area contributed by atoms with Gasteiger partial charge in [-0.1, -0.05) is 52.7 Å². The van der Waals surface area contributed by atoms with Gasteiger partial charge in [-0.25, -0.2) is 0 Å². The first-order chi connectivity index (χ1) is 9.96. The summed E-state index contributed by atoms with van der Waals surface area (Å²) in [5.74, 6) is 0.324. The smallest absolute Gasteiger partial charge is 0.123 e. The lowest BCUT2D eigenvalue weighted by Crippen LogP contribution is -1.98. The van der Waals surface area contributed by atoms with Crippen molar-refractivity contribution in [3.8, 4) is 0 Å². The molecule has 0 heterocycles. The van der Waals surface area contributed by atoms with Crippen molar-refractivity contribution >= 4 is 6.29 Å². The van der Waals surface area contributed by atoms with Crippen LogP contribution in [0.15, 0.2) is 12.1 Å². The van der Waals surface area contributed by atoms with Crippen molar-refractivity contribution in [1.82, 2.24) is 0 Å². The van der Waals surface area contributed by atoms with Gasteiger partial charge in [0.25, 0.3) is 0 Å². The Labute approximate surface area is 133 Å². The molecule has 1 aromatic rings. The number of unbranched alkanes of at least 4 members (excludes halogenated alkanes) is 1. The first-order valence-corrected chi connectivity index (χ1v) is 8.45. The molecule has 0 amide bonds. The summed E-state index contributed by atoms with van der Waals surface area (Å²) in [7, 11) is 0. The molecule has 1 nitrogen and oxygen atoms in total. The van der Waals surface area contributed by atoms with Crippen LogP contribution in [0.5, 0.6) is 0 Å². The van der Waals surface area contributed by atoms with Gasteiger partial charge in [0, 0.05) is 5.92 Å². The van der Waals surface area contributed by atoms with E-state index >= 15 is 0 Å². The lowest BCUT2D eigenvalue weighted by atomic mass is 10.0. The zero-order valence-electron chi connectivity index (χ0n) is 15.5. The second kappa shape index (κ2) is 13.9. The summed E-state index contributed by atoms with van der Waals surface area (Å²) in [6, 6.07) is 4.48. The minimum atomic E-state index is 0.324. The van der Waals surface area contributed by atoms with Gasteiger partial charge in [0.2, 0.25) is 0 Å². The number of hydrogen-bond acceptors (Lipinski definition) is 1. The first-order valence-electron chi connectivity index (χ1n) is 8.45. The summed E-state index contributed by atoms with van der Waals surface area (Å²) < 4.78 is 0. The summed E-state index contributed by atoms with van der Waals surface area (Å²) >= 11 is 0. The molecule has 1 heteroatoms. The Morgan fingerprint density at radius 2 is 1.29 bits per heavy atom. The van der Waals surface area contributed by atoms with E-state index in [1.807, 2.05) is 13.8 Å². The molecular formula is C20H36O. The minimum Gasteiger partial charge on any atom is -0.303 e. The van der Waals surface area contributed by atoms with Crippen molar-refractivity contribution in [3.05, 3.63) is 34.4 Å². The number of benzene rings is 1. The number of rotatable bonds is 5. The van der Waals surface area contributed by atoms with Gasteiger partial charge in [-0.2, -0.15) is 0 Å². The molecule has 0 radical (unpaired) electrons. The first kappa shape index (κ1) is 22.2. The van der Waals surface area contributed by atoms with Gasteiger partial charge in [0.1, 0.15) is 6.29 Å². The Bertz CT molecular complexity index is 329. The van der Waals surface area contributed by atoms with E-state index in [1.165, 1.54) is 35.1 Å². The van der Waals surface area contributed by atoms with E-state index in [9.17, 15) is 4.79 Å². The maximum Gasteiger partial charge on any atom is 0.123 e. The van der Waals surface area contributed by atoms with E-state index in [0.717, 1.165) is 19.1 Å². The van der Waals surface area contributed by atoms with Crippen LogP contribution in [0.2, 0.25) is 0 Å². The predicted octanol–water partition coefficient (Wildman–Crippen LogP) is 6.35. The molecular weight excluding hydrogens is 256 g/mol. The topological polar surface area (TPSA) is 17.1 Å². The second-order valence-electron chi connectivity index (χ2n) is 5.47. The van der Waals surface area contributed by atoms with Gasteiger partial charge >= 0.3 is 0 Å². The van der Waals surface area contributed by atoms with E-state index < -0.39 is 0 Å². The minimum absolute atomic E-state index is 0.324. The fourth-order valence-electron chi connectivity index (χ4n) is 1.94. The summed E-state index contributed by atoms with van der Waals surface area (Å²) in [5, 5.41) is 0. The normalized spacial score (nSPS) is 10.7. The molecule has 0 aliphatic heterocycles. The van der Waals surface area contributed by atoms with Crippen LogP contribution >= 0.6 is 0 Å². The van der Waals surface area contributed by atoms with Crippen LogP contribution in [0.3, 0.4) is 0 Å². The van der Waals surface area contributed by atoms with Crippen LogP contribution in [-0.2, 0) is 4.79 Å². The van der Waals surface area contributed by atoms with Crippen molar-refractivity contribution in [2.75, 3.05) is 0 Å². The number of carbonyl (C=O) groups excluding carboxylic acids is 1. The number of hydrogen-bond donors (Lipinski definition) is 0. The molecule has 0 fully saturated rings. The quantitative estimate of drug-likeness (QED) is 0.578. The summed E-state index contributed by atoms with van der Waals surface area (Å²) in [6.45, 7) is 16.8. The van der Waals surface area contributed by atoms with Crippen LogP contribution in [0.4, 0.5) is 0 Å². The molecule has 1 unspecified atom stereocenters. The highest BCUT2D eigenvalue weighted by Gasteiger charge is 2.01. The highest BCUT2D eigenvalue weighted by Crippen LogP contribution is 2.13. The van der Waals surface area contributed by atoms with Crippen molar-refractivity contribution in [3.63, 3.8) is 0 Å². The molecule has 1 aromatic carbocycles. The van der Waals surface area contributed by atoms with Gasteiger partial charge < -0.3 is 4.79 Å². The molecule has 1 rings (SSSR count). The average molecular weight is 293 g/mol. The Morgan fingerprint density at radius 3 is 1.52 bits per heavy atom. The molecule has 0 N–H and O–H groups in total. The van der Waals surface area contributed by atoms with Crippen LogP contribution < -0.4 is 0 Å². The molecule has 0 aromatic heterocycles. The van der Waals surface area contributed by atoms with Crippen molar-refractivity contribution < 1.29 is 4.79 Å². The van der Waals surface area contributed by atoms with Crippen molar-refractivity contribution in [2.24, 2.45) is 5.92 Å². The number of carbonyl (C=O) groups is 1. The fourth-order valence-corrected chi connectivity index (χ4v) is 1.94. The summed E-state index contributed by atoms with van der Waals surface area (Å²) in [4.78, 5) is 10.2. The van der Waals surface area contributed by atoms with Gasteiger partial charge in [0.05, 0.1) is 0 Å². The summed E-state index contributed by atoms with van der Waals surface area (Å²) in [5.41, 5.74) is 5.57.